The van der Waals surface area contributed by atoms with Crippen molar-refractivity contribution in [2.45, 2.75) is 30.4 Å². The number of nitro groups is 1. The third-order valence-electron chi connectivity index (χ3n) is 4.48. The van der Waals surface area contributed by atoms with Crippen LogP contribution < -0.4 is 14.8 Å². The van der Waals surface area contributed by atoms with Gasteiger partial charge in [0.1, 0.15) is 18.4 Å². The van der Waals surface area contributed by atoms with Crippen LogP contribution in [0.4, 0.5) is 5.69 Å². The number of carbonyl (C=O) groups is 1. The summed E-state index contributed by atoms with van der Waals surface area (Å²) in [4.78, 5) is 22.5. The van der Waals surface area contributed by atoms with Gasteiger partial charge in [0.2, 0.25) is 10.0 Å². The van der Waals surface area contributed by atoms with E-state index in [0.29, 0.717) is 5.75 Å². The number of methoxy groups -OCH3 is 1. The molecule has 0 aliphatic heterocycles. The molecular formula is C21H25N3O7S. The Labute approximate surface area is 186 Å². The van der Waals surface area contributed by atoms with Crippen molar-refractivity contribution in [3.8, 4) is 5.75 Å². The third kappa shape index (κ3) is 6.87. The largest absolute Gasteiger partial charge is 0.497 e. The Morgan fingerprint density at radius 1 is 1.19 bits per heavy atom. The summed E-state index contributed by atoms with van der Waals surface area (Å²) < 4.78 is 38.1. The highest BCUT2D eigenvalue weighted by molar-refractivity contribution is 7.89. The second-order valence-corrected chi connectivity index (χ2v) is 8.50. The lowest BCUT2D eigenvalue weighted by atomic mass is 10.1. The molecule has 2 aromatic rings. The molecule has 2 N–H and O–H groups in total. The molecule has 0 heterocycles. The standard InChI is InChI=1S/C21H25N3O7S/c1-4-13-31-21(25)20(22-14-16-5-9-18(30-3)10-6-16)15(2)23-32(28,29)19-11-7-17(8-12-19)24(26)27/h4-12,15,20,22-23H,1,13-14H2,2-3H3/t15-,20+/m0/s1. The lowest BCUT2D eigenvalue weighted by molar-refractivity contribution is -0.384. The summed E-state index contributed by atoms with van der Waals surface area (Å²) in [5.41, 5.74) is 0.613. The maximum atomic E-state index is 12.7. The average molecular weight is 464 g/mol. The van der Waals surface area contributed by atoms with E-state index in [2.05, 4.69) is 16.6 Å². The molecule has 2 atom stereocenters. The van der Waals surface area contributed by atoms with E-state index in [4.69, 9.17) is 9.47 Å². The first kappa shape index (κ1) is 25.0. The van der Waals surface area contributed by atoms with Crippen molar-refractivity contribution in [1.82, 2.24) is 10.0 Å². The lowest BCUT2D eigenvalue weighted by Crippen LogP contribution is -2.52. The average Bonchev–Trinajstić information content (AvgIpc) is 2.77. The van der Waals surface area contributed by atoms with Crippen molar-refractivity contribution in [3.05, 3.63) is 76.9 Å². The highest BCUT2D eigenvalue weighted by Gasteiger charge is 2.30. The fourth-order valence-corrected chi connectivity index (χ4v) is 4.05. The number of benzene rings is 2. The first-order valence-corrected chi connectivity index (χ1v) is 11.1. The predicted octanol–water partition coefficient (Wildman–Crippen LogP) is 2.16. The highest BCUT2D eigenvalue weighted by atomic mass is 32.2. The van der Waals surface area contributed by atoms with E-state index in [-0.39, 0.29) is 23.7 Å². The molecule has 0 aliphatic rings. The number of nitrogens with one attached hydrogen (secondary N) is 2. The van der Waals surface area contributed by atoms with Crippen LogP contribution >= 0.6 is 0 Å². The molecule has 0 saturated heterocycles. The Hall–Kier alpha value is -3.28. The van der Waals surface area contributed by atoms with Crippen LogP contribution in [0.25, 0.3) is 0 Å². The molecule has 0 radical (unpaired) electrons. The fourth-order valence-electron chi connectivity index (χ4n) is 2.79. The van der Waals surface area contributed by atoms with E-state index in [9.17, 15) is 23.3 Å². The highest BCUT2D eigenvalue weighted by Crippen LogP contribution is 2.17. The molecule has 0 amide bonds. The van der Waals surface area contributed by atoms with E-state index in [1.54, 1.807) is 19.2 Å². The van der Waals surface area contributed by atoms with Gasteiger partial charge in [0.15, 0.2) is 0 Å². The van der Waals surface area contributed by atoms with Crippen molar-refractivity contribution in [3.63, 3.8) is 0 Å². The smallest absolute Gasteiger partial charge is 0.325 e. The fraction of sp³-hybridized carbons (Fsp3) is 0.286. The normalized spacial score (nSPS) is 13.1. The molecule has 2 rings (SSSR count). The molecule has 0 unspecified atom stereocenters. The van der Waals surface area contributed by atoms with E-state index >= 15 is 0 Å². The Morgan fingerprint density at radius 3 is 2.34 bits per heavy atom. The summed E-state index contributed by atoms with van der Waals surface area (Å²) in [6, 6.07) is 9.69. The number of non-ortho nitro benzene ring substituents is 1. The first-order valence-electron chi connectivity index (χ1n) is 9.58. The zero-order chi connectivity index (χ0) is 23.7. The van der Waals surface area contributed by atoms with E-state index in [1.165, 1.54) is 13.0 Å². The Bertz CT molecular complexity index is 1040. The molecule has 0 fully saturated rings. The molecule has 32 heavy (non-hydrogen) atoms. The molecule has 0 aromatic heterocycles. The van der Waals surface area contributed by atoms with Crippen molar-refractivity contribution in [2.75, 3.05) is 13.7 Å². The topological polar surface area (TPSA) is 137 Å². The number of sulfonamides is 1. The Balaban J connectivity index is 2.16. The minimum absolute atomic E-state index is 0.0264. The quantitative estimate of drug-likeness (QED) is 0.211. The molecule has 0 saturated carbocycles. The van der Waals surface area contributed by atoms with Crippen LogP contribution in [0.3, 0.4) is 0 Å². The summed E-state index contributed by atoms with van der Waals surface area (Å²) in [5, 5.41) is 13.8. The van der Waals surface area contributed by atoms with Gasteiger partial charge in [-0.25, -0.2) is 13.1 Å². The Kier molecular flexibility index (Phi) is 8.88. The second-order valence-electron chi connectivity index (χ2n) is 6.79. The van der Waals surface area contributed by atoms with Gasteiger partial charge in [-0.3, -0.25) is 20.2 Å². The van der Waals surface area contributed by atoms with Crippen LogP contribution in [-0.2, 0) is 26.1 Å². The van der Waals surface area contributed by atoms with Gasteiger partial charge in [-0.2, -0.15) is 0 Å². The number of ether oxygens (including phenoxy) is 2. The van der Waals surface area contributed by atoms with E-state index in [0.717, 1.165) is 29.8 Å². The molecule has 11 heteroatoms. The van der Waals surface area contributed by atoms with Crippen LogP contribution in [0.2, 0.25) is 0 Å². The van der Waals surface area contributed by atoms with Crippen LogP contribution in [0, 0.1) is 10.1 Å². The lowest BCUT2D eigenvalue weighted by Gasteiger charge is -2.24. The summed E-state index contributed by atoms with van der Waals surface area (Å²) in [6.45, 7) is 5.25. The molecule has 0 spiro atoms. The molecular weight excluding hydrogens is 438 g/mol. The van der Waals surface area contributed by atoms with E-state index in [1.807, 2.05) is 12.1 Å². The second kappa shape index (κ2) is 11.4. The maximum Gasteiger partial charge on any atom is 0.325 e. The summed E-state index contributed by atoms with van der Waals surface area (Å²) in [5.74, 6) is 0.0252. The van der Waals surface area contributed by atoms with Crippen LogP contribution in [0.15, 0.2) is 66.1 Å². The van der Waals surface area contributed by atoms with Crippen molar-refractivity contribution >= 4 is 21.7 Å². The zero-order valence-corrected chi connectivity index (χ0v) is 18.5. The molecule has 0 bridgehead atoms. The van der Waals surface area contributed by atoms with E-state index < -0.39 is 33.0 Å². The van der Waals surface area contributed by atoms with Crippen molar-refractivity contribution < 1.29 is 27.6 Å². The van der Waals surface area contributed by atoms with Crippen molar-refractivity contribution in [2.24, 2.45) is 0 Å². The van der Waals surface area contributed by atoms with Gasteiger partial charge in [0, 0.05) is 24.7 Å². The first-order chi connectivity index (χ1) is 15.2. The Morgan fingerprint density at radius 2 is 1.81 bits per heavy atom. The number of hydrogen-bond acceptors (Lipinski definition) is 8. The van der Waals surface area contributed by atoms with Gasteiger partial charge in [0.25, 0.3) is 5.69 Å². The SMILES string of the molecule is C=CCOC(=O)[C@H](NCc1ccc(OC)cc1)[C@H](C)NS(=O)(=O)c1ccc([N+](=O)[O-])cc1. The number of hydrogen-bond donors (Lipinski definition) is 2. The van der Waals surface area contributed by atoms with Crippen molar-refractivity contribution in [1.29, 1.82) is 0 Å². The minimum Gasteiger partial charge on any atom is -0.497 e. The molecule has 0 aliphatic carbocycles. The van der Waals surface area contributed by atoms with Crippen LogP contribution in [0.5, 0.6) is 5.75 Å². The molecule has 2 aromatic carbocycles. The number of nitro benzene ring substituents is 1. The van der Waals surface area contributed by atoms with Gasteiger partial charge in [0.05, 0.1) is 16.9 Å². The number of rotatable bonds is 12. The number of carbonyl (C=O) groups excluding carboxylic acids is 1. The molecule has 10 nitrogen and oxygen atoms in total. The predicted molar refractivity (Wildman–Crippen MR) is 118 cm³/mol. The third-order valence-corrected chi connectivity index (χ3v) is 6.06. The summed E-state index contributed by atoms with van der Waals surface area (Å²) in [6.07, 6.45) is 1.41. The zero-order valence-electron chi connectivity index (χ0n) is 17.7. The molecule has 172 valence electrons. The monoisotopic (exact) mass is 463 g/mol. The summed E-state index contributed by atoms with van der Waals surface area (Å²) in [7, 11) is -2.50. The summed E-state index contributed by atoms with van der Waals surface area (Å²) >= 11 is 0. The maximum absolute atomic E-state index is 12.7. The van der Waals surface area contributed by atoms with Gasteiger partial charge < -0.3 is 9.47 Å². The van der Waals surface area contributed by atoms with Gasteiger partial charge >= 0.3 is 5.97 Å². The van der Waals surface area contributed by atoms with Gasteiger partial charge in [-0.15, -0.1) is 0 Å². The minimum atomic E-state index is -4.05. The number of nitrogens with zero attached hydrogens (tertiary/aromatic N) is 1. The van der Waals surface area contributed by atoms with Crippen LogP contribution in [-0.4, -0.2) is 45.1 Å². The number of esters is 1. The van der Waals surface area contributed by atoms with Crippen LogP contribution in [0.1, 0.15) is 12.5 Å². The van der Waals surface area contributed by atoms with Gasteiger partial charge in [-0.05, 0) is 36.8 Å². The van der Waals surface area contributed by atoms with Gasteiger partial charge in [-0.1, -0.05) is 24.8 Å².